The van der Waals surface area contributed by atoms with Crippen LogP contribution in [-0.2, 0) is 4.79 Å². The first-order valence-electron chi connectivity index (χ1n) is 8.77. The molecule has 0 saturated heterocycles. The third-order valence-electron chi connectivity index (χ3n) is 4.27. The number of thiazole rings is 1. The van der Waals surface area contributed by atoms with E-state index < -0.39 is 0 Å². The maximum absolute atomic E-state index is 13.0. The number of carbonyl (C=O) groups is 2. The number of nitrogens with zero attached hydrogens (tertiary/aromatic N) is 2. The van der Waals surface area contributed by atoms with Gasteiger partial charge in [0, 0.05) is 18.7 Å². The third-order valence-corrected chi connectivity index (χ3v) is 5.33. The molecule has 1 aliphatic rings. The standard InChI is InChI=1S/C20H19N3O3S/c1-23(12-16(24)21-14-9-10-14)20(25)18-17(13-6-3-2-4-7-13)22-19(27-18)15-8-5-11-26-15/h2-8,11,14H,9-10,12H2,1H3,(H,21,24). The number of nitrogens with one attached hydrogen (secondary N) is 1. The van der Waals surface area contributed by atoms with E-state index in [-0.39, 0.29) is 24.4 Å². The molecule has 0 bridgehead atoms. The van der Waals surface area contributed by atoms with E-state index in [4.69, 9.17) is 4.42 Å². The van der Waals surface area contributed by atoms with Crippen molar-refractivity contribution in [1.82, 2.24) is 15.2 Å². The number of carbonyl (C=O) groups excluding carboxylic acids is 2. The Morgan fingerprint density at radius 3 is 2.67 bits per heavy atom. The lowest BCUT2D eigenvalue weighted by Gasteiger charge is -2.16. The molecule has 27 heavy (non-hydrogen) atoms. The van der Waals surface area contributed by atoms with Crippen LogP contribution in [0.5, 0.6) is 0 Å². The predicted molar refractivity (Wildman–Crippen MR) is 103 cm³/mol. The van der Waals surface area contributed by atoms with Gasteiger partial charge in [-0.25, -0.2) is 4.98 Å². The Labute approximate surface area is 160 Å². The van der Waals surface area contributed by atoms with Crippen LogP contribution in [0.4, 0.5) is 0 Å². The summed E-state index contributed by atoms with van der Waals surface area (Å²) in [6.07, 6.45) is 3.61. The minimum absolute atomic E-state index is 0.0253. The summed E-state index contributed by atoms with van der Waals surface area (Å²) < 4.78 is 5.44. The number of hydrogen-bond donors (Lipinski definition) is 1. The lowest BCUT2D eigenvalue weighted by atomic mass is 10.1. The fourth-order valence-corrected chi connectivity index (χ4v) is 3.77. The second kappa shape index (κ2) is 7.36. The zero-order valence-corrected chi connectivity index (χ0v) is 15.7. The van der Waals surface area contributed by atoms with Crippen molar-refractivity contribution in [2.45, 2.75) is 18.9 Å². The molecule has 4 rings (SSSR count). The minimum Gasteiger partial charge on any atom is -0.462 e. The van der Waals surface area contributed by atoms with Crippen molar-refractivity contribution in [2.75, 3.05) is 13.6 Å². The molecule has 6 nitrogen and oxygen atoms in total. The molecule has 138 valence electrons. The van der Waals surface area contributed by atoms with E-state index in [2.05, 4.69) is 10.3 Å². The van der Waals surface area contributed by atoms with Gasteiger partial charge in [0.2, 0.25) is 5.91 Å². The summed E-state index contributed by atoms with van der Waals surface area (Å²) in [4.78, 5) is 31.7. The van der Waals surface area contributed by atoms with Crippen molar-refractivity contribution in [3.05, 3.63) is 53.6 Å². The Balaban J connectivity index is 1.63. The summed E-state index contributed by atoms with van der Waals surface area (Å²) in [6, 6.07) is 13.4. The molecule has 0 aliphatic heterocycles. The Bertz CT molecular complexity index is 946. The van der Waals surface area contributed by atoms with Gasteiger partial charge < -0.3 is 14.6 Å². The number of hydrogen-bond acceptors (Lipinski definition) is 5. The van der Waals surface area contributed by atoms with Gasteiger partial charge in [0.25, 0.3) is 5.91 Å². The highest BCUT2D eigenvalue weighted by atomic mass is 32.1. The molecule has 1 aliphatic carbocycles. The summed E-state index contributed by atoms with van der Waals surface area (Å²) in [5.74, 6) is 0.255. The molecule has 1 N–H and O–H groups in total. The van der Waals surface area contributed by atoms with Gasteiger partial charge >= 0.3 is 0 Å². The lowest BCUT2D eigenvalue weighted by molar-refractivity contribution is -0.121. The summed E-state index contributed by atoms with van der Waals surface area (Å²) >= 11 is 1.27. The van der Waals surface area contributed by atoms with E-state index in [9.17, 15) is 9.59 Å². The topological polar surface area (TPSA) is 75.4 Å². The Kier molecular flexibility index (Phi) is 4.77. The van der Waals surface area contributed by atoms with Crippen LogP contribution in [-0.4, -0.2) is 41.3 Å². The predicted octanol–water partition coefficient (Wildman–Crippen LogP) is 3.42. The second-order valence-electron chi connectivity index (χ2n) is 6.54. The molecule has 2 amide bonds. The zero-order valence-electron chi connectivity index (χ0n) is 14.8. The largest absolute Gasteiger partial charge is 0.462 e. The highest BCUT2D eigenvalue weighted by molar-refractivity contribution is 7.17. The molecule has 2 heterocycles. The Morgan fingerprint density at radius 1 is 1.22 bits per heavy atom. The quantitative estimate of drug-likeness (QED) is 0.710. The first-order chi connectivity index (χ1) is 13.1. The molecule has 7 heteroatoms. The van der Waals surface area contributed by atoms with Crippen molar-refractivity contribution in [3.8, 4) is 22.0 Å². The average Bonchev–Trinajstić information content (AvgIpc) is 3.15. The van der Waals surface area contributed by atoms with Crippen molar-refractivity contribution >= 4 is 23.2 Å². The number of aromatic nitrogens is 1. The SMILES string of the molecule is CN(CC(=O)NC1CC1)C(=O)c1sc(-c2ccco2)nc1-c1ccccc1. The lowest BCUT2D eigenvalue weighted by Crippen LogP contribution is -2.39. The van der Waals surface area contributed by atoms with Crippen LogP contribution in [0.25, 0.3) is 22.0 Å². The molecule has 1 saturated carbocycles. The number of benzene rings is 1. The van der Waals surface area contributed by atoms with Crippen LogP contribution in [0.2, 0.25) is 0 Å². The minimum atomic E-state index is -0.227. The second-order valence-corrected chi connectivity index (χ2v) is 7.54. The van der Waals surface area contributed by atoms with Gasteiger partial charge in [-0.15, -0.1) is 11.3 Å². The average molecular weight is 381 g/mol. The number of furan rings is 1. The monoisotopic (exact) mass is 381 g/mol. The van der Waals surface area contributed by atoms with Crippen LogP contribution < -0.4 is 5.32 Å². The van der Waals surface area contributed by atoms with Gasteiger partial charge in [0.1, 0.15) is 4.88 Å². The van der Waals surface area contributed by atoms with Crippen molar-refractivity contribution < 1.29 is 14.0 Å². The fourth-order valence-electron chi connectivity index (χ4n) is 2.72. The van der Waals surface area contributed by atoms with Crippen LogP contribution in [0.1, 0.15) is 22.5 Å². The maximum Gasteiger partial charge on any atom is 0.266 e. The zero-order chi connectivity index (χ0) is 18.8. The van der Waals surface area contributed by atoms with Crippen LogP contribution in [0.3, 0.4) is 0 Å². The summed E-state index contributed by atoms with van der Waals surface area (Å²) in [5, 5.41) is 3.54. The highest BCUT2D eigenvalue weighted by Gasteiger charge is 2.27. The number of amides is 2. The fraction of sp³-hybridized carbons (Fsp3) is 0.250. The number of likely N-dealkylation sites (N-methyl/N-ethyl adjacent to an activating group) is 1. The van der Waals surface area contributed by atoms with Gasteiger partial charge in [0.15, 0.2) is 10.8 Å². The molecule has 1 aromatic carbocycles. The molecule has 3 aromatic rings. The molecule has 1 fully saturated rings. The van der Waals surface area contributed by atoms with Crippen LogP contribution in [0, 0.1) is 0 Å². The van der Waals surface area contributed by atoms with Gasteiger partial charge in [-0.3, -0.25) is 9.59 Å². The van der Waals surface area contributed by atoms with Crippen LogP contribution in [0.15, 0.2) is 53.1 Å². The third kappa shape index (κ3) is 3.93. The summed E-state index contributed by atoms with van der Waals surface area (Å²) in [6.45, 7) is 0.0253. The summed E-state index contributed by atoms with van der Waals surface area (Å²) in [5.41, 5.74) is 1.46. The van der Waals surface area contributed by atoms with Gasteiger partial charge in [0.05, 0.1) is 18.5 Å². The van der Waals surface area contributed by atoms with E-state index in [1.165, 1.54) is 16.2 Å². The van der Waals surface area contributed by atoms with Crippen LogP contribution >= 0.6 is 11.3 Å². The van der Waals surface area contributed by atoms with Gasteiger partial charge in [-0.05, 0) is 25.0 Å². The van der Waals surface area contributed by atoms with Gasteiger partial charge in [-0.1, -0.05) is 30.3 Å². The smallest absolute Gasteiger partial charge is 0.266 e. The molecular formula is C20H19N3O3S. The van der Waals surface area contributed by atoms with E-state index >= 15 is 0 Å². The molecule has 0 atom stereocenters. The Morgan fingerprint density at radius 2 is 2.00 bits per heavy atom. The molecule has 0 spiro atoms. The van der Waals surface area contributed by atoms with Crippen molar-refractivity contribution in [3.63, 3.8) is 0 Å². The molecule has 0 unspecified atom stereocenters. The molecule has 2 aromatic heterocycles. The Hall–Kier alpha value is -2.93. The molecule has 0 radical (unpaired) electrons. The first kappa shape index (κ1) is 17.5. The summed E-state index contributed by atoms with van der Waals surface area (Å²) in [7, 11) is 1.63. The maximum atomic E-state index is 13.0. The number of rotatable bonds is 6. The first-order valence-corrected chi connectivity index (χ1v) is 9.58. The van der Waals surface area contributed by atoms with E-state index in [0.717, 1.165) is 18.4 Å². The van der Waals surface area contributed by atoms with E-state index in [0.29, 0.717) is 21.3 Å². The highest BCUT2D eigenvalue weighted by Crippen LogP contribution is 2.34. The van der Waals surface area contributed by atoms with Crippen molar-refractivity contribution in [2.24, 2.45) is 0 Å². The van der Waals surface area contributed by atoms with E-state index in [1.54, 1.807) is 19.4 Å². The van der Waals surface area contributed by atoms with Crippen molar-refractivity contribution in [1.29, 1.82) is 0 Å². The normalized spacial score (nSPS) is 13.4. The van der Waals surface area contributed by atoms with E-state index in [1.807, 2.05) is 36.4 Å². The van der Waals surface area contributed by atoms with Gasteiger partial charge in [-0.2, -0.15) is 0 Å². The molecular weight excluding hydrogens is 362 g/mol.